The van der Waals surface area contributed by atoms with Crippen LogP contribution in [0, 0.1) is 5.82 Å². The lowest BCUT2D eigenvalue weighted by Crippen LogP contribution is -1.92. The van der Waals surface area contributed by atoms with Gasteiger partial charge in [-0.05, 0) is 42.0 Å². The van der Waals surface area contributed by atoms with Crippen LogP contribution < -0.4 is 0 Å². The Hall–Kier alpha value is -2.29. The molecule has 0 aliphatic rings. The van der Waals surface area contributed by atoms with Crippen molar-refractivity contribution in [3.05, 3.63) is 70.5 Å². The summed E-state index contributed by atoms with van der Waals surface area (Å²) in [5, 5.41) is 7.92. The summed E-state index contributed by atoms with van der Waals surface area (Å²) in [5.74, 6) is -0.246. The van der Waals surface area contributed by atoms with Crippen LogP contribution in [0.5, 0.6) is 0 Å². The van der Waals surface area contributed by atoms with E-state index in [1.54, 1.807) is 18.3 Å². The zero-order chi connectivity index (χ0) is 16.5. The highest BCUT2D eigenvalue weighted by molar-refractivity contribution is 5.82. The molecular weight excluding hydrogens is 287 g/mol. The topological polar surface area (TPSA) is 24.7 Å². The Kier molecular flexibility index (Phi) is 6.67. The fourth-order valence-electron chi connectivity index (χ4n) is 2.25. The third-order valence-electron chi connectivity index (χ3n) is 3.74. The summed E-state index contributed by atoms with van der Waals surface area (Å²) < 4.78 is 14.0. The number of halogens is 1. The molecule has 0 saturated carbocycles. The first kappa shape index (κ1) is 17.1. The standard InChI is InChI=1S/C20H23FN2/c1-3-5-6-17-11-12-19(20(21)13-17)15-23-22-14-18-9-7-16(4-2)8-10-18/h7-15H,3-6H2,1-2H3/b22-14+,23-15+. The highest BCUT2D eigenvalue weighted by Crippen LogP contribution is 2.11. The number of hydrogen-bond acceptors (Lipinski definition) is 2. The minimum absolute atomic E-state index is 0.246. The van der Waals surface area contributed by atoms with Crippen molar-refractivity contribution in [2.75, 3.05) is 0 Å². The lowest BCUT2D eigenvalue weighted by molar-refractivity contribution is 0.622. The van der Waals surface area contributed by atoms with Crippen molar-refractivity contribution >= 4 is 12.4 Å². The molecule has 0 saturated heterocycles. The quantitative estimate of drug-likeness (QED) is 0.497. The van der Waals surface area contributed by atoms with Gasteiger partial charge in [-0.25, -0.2) is 4.39 Å². The smallest absolute Gasteiger partial charge is 0.132 e. The van der Waals surface area contributed by atoms with Crippen LogP contribution in [-0.2, 0) is 12.8 Å². The maximum Gasteiger partial charge on any atom is 0.132 e. The third-order valence-corrected chi connectivity index (χ3v) is 3.74. The Morgan fingerprint density at radius 2 is 1.61 bits per heavy atom. The molecule has 2 aromatic rings. The van der Waals surface area contributed by atoms with Crippen molar-refractivity contribution in [1.29, 1.82) is 0 Å². The Morgan fingerprint density at radius 3 is 2.26 bits per heavy atom. The summed E-state index contributed by atoms with van der Waals surface area (Å²) in [6.07, 6.45) is 7.24. The predicted molar refractivity (Wildman–Crippen MR) is 96.0 cm³/mol. The van der Waals surface area contributed by atoms with Gasteiger partial charge in [0, 0.05) is 5.56 Å². The van der Waals surface area contributed by atoms with Gasteiger partial charge in [-0.2, -0.15) is 10.2 Å². The summed E-state index contributed by atoms with van der Waals surface area (Å²) in [6, 6.07) is 13.4. The van der Waals surface area contributed by atoms with Gasteiger partial charge in [-0.3, -0.25) is 0 Å². The second-order valence-corrected chi connectivity index (χ2v) is 5.54. The van der Waals surface area contributed by atoms with Gasteiger partial charge in [-0.15, -0.1) is 0 Å². The lowest BCUT2D eigenvalue weighted by atomic mass is 10.1. The summed E-state index contributed by atoms with van der Waals surface area (Å²) in [6.45, 7) is 4.25. The van der Waals surface area contributed by atoms with Crippen molar-refractivity contribution in [2.45, 2.75) is 39.5 Å². The van der Waals surface area contributed by atoms with E-state index in [2.05, 4.69) is 36.2 Å². The van der Waals surface area contributed by atoms with Gasteiger partial charge in [0.2, 0.25) is 0 Å². The van der Waals surface area contributed by atoms with E-state index >= 15 is 0 Å². The molecule has 2 rings (SSSR count). The normalized spacial score (nSPS) is 11.6. The van der Waals surface area contributed by atoms with Crippen molar-refractivity contribution in [2.24, 2.45) is 10.2 Å². The second kappa shape index (κ2) is 8.99. The molecule has 0 bridgehead atoms. The number of nitrogens with zero attached hydrogens (tertiary/aromatic N) is 2. The summed E-state index contributed by atoms with van der Waals surface area (Å²) in [5.41, 5.74) is 3.76. The fraction of sp³-hybridized carbons (Fsp3) is 0.300. The first-order valence-electron chi connectivity index (χ1n) is 8.16. The van der Waals surface area contributed by atoms with E-state index in [-0.39, 0.29) is 5.82 Å². The number of unbranched alkanes of at least 4 members (excludes halogenated alkanes) is 1. The maximum atomic E-state index is 14.0. The van der Waals surface area contributed by atoms with Gasteiger partial charge in [0.1, 0.15) is 5.82 Å². The van der Waals surface area contributed by atoms with Gasteiger partial charge in [0.05, 0.1) is 12.4 Å². The van der Waals surface area contributed by atoms with Crippen LogP contribution in [0.2, 0.25) is 0 Å². The highest BCUT2D eigenvalue weighted by atomic mass is 19.1. The van der Waals surface area contributed by atoms with E-state index in [1.807, 2.05) is 18.2 Å². The van der Waals surface area contributed by atoms with Crippen LogP contribution in [0.3, 0.4) is 0 Å². The molecule has 0 spiro atoms. The molecule has 0 unspecified atom stereocenters. The molecule has 0 fully saturated rings. The van der Waals surface area contributed by atoms with Gasteiger partial charge in [0.15, 0.2) is 0 Å². The minimum Gasteiger partial charge on any atom is -0.206 e. The highest BCUT2D eigenvalue weighted by Gasteiger charge is 2.01. The molecule has 2 nitrogen and oxygen atoms in total. The van der Waals surface area contributed by atoms with Crippen molar-refractivity contribution in [3.8, 4) is 0 Å². The molecule has 3 heteroatoms. The van der Waals surface area contributed by atoms with Gasteiger partial charge >= 0.3 is 0 Å². The fourth-order valence-corrected chi connectivity index (χ4v) is 2.25. The molecule has 0 aliphatic heterocycles. The molecule has 0 atom stereocenters. The van der Waals surface area contributed by atoms with Crippen LogP contribution in [-0.4, -0.2) is 12.4 Å². The molecule has 23 heavy (non-hydrogen) atoms. The van der Waals surface area contributed by atoms with E-state index in [0.717, 1.165) is 36.8 Å². The zero-order valence-corrected chi connectivity index (χ0v) is 13.8. The SMILES string of the molecule is CCCCc1ccc(/C=N/N=C/c2ccc(CC)cc2)c(F)c1. The largest absolute Gasteiger partial charge is 0.206 e. The molecule has 2 aromatic carbocycles. The first-order chi connectivity index (χ1) is 11.2. The van der Waals surface area contributed by atoms with E-state index < -0.39 is 0 Å². The van der Waals surface area contributed by atoms with Gasteiger partial charge in [0.25, 0.3) is 0 Å². The zero-order valence-electron chi connectivity index (χ0n) is 13.8. The molecule has 0 amide bonds. The summed E-state index contributed by atoms with van der Waals surface area (Å²) >= 11 is 0. The molecule has 0 radical (unpaired) electrons. The van der Waals surface area contributed by atoms with Gasteiger partial charge in [-0.1, -0.05) is 56.7 Å². The van der Waals surface area contributed by atoms with Crippen molar-refractivity contribution < 1.29 is 4.39 Å². The van der Waals surface area contributed by atoms with Crippen LogP contribution in [0.25, 0.3) is 0 Å². The average Bonchev–Trinajstić information content (AvgIpc) is 2.58. The van der Waals surface area contributed by atoms with Gasteiger partial charge < -0.3 is 0 Å². The van der Waals surface area contributed by atoms with E-state index in [1.165, 1.54) is 11.8 Å². The van der Waals surface area contributed by atoms with E-state index in [4.69, 9.17) is 0 Å². The summed E-state index contributed by atoms with van der Waals surface area (Å²) in [4.78, 5) is 0. The monoisotopic (exact) mass is 310 g/mol. The third kappa shape index (κ3) is 5.44. The number of rotatable bonds is 7. The maximum absolute atomic E-state index is 14.0. The summed E-state index contributed by atoms with van der Waals surface area (Å²) in [7, 11) is 0. The molecular formula is C20H23FN2. The van der Waals surface area contributed by atoms with Crippen LogP contribution in [0.4, 0.5) is 4.39 Å². The molecule has 0 aromatic heterocycles. The Morgan fingerprint density at radius 1 is 0.913 bits per heavy atom. The Labute approximate surface area is 137 Å². The molecule has 120 valence electrons. The van der Waals surface area contributed by atoms with E-state index in [0.29, 0.717) is 5.56 Å². The predicted octanol–water partition coefficient (Wildman–Crippen LogP) is 5.18. The van der Waals surface area contributed by atoms with E-state index in [9.17, 15) is 4.39 Å². The first-order valence-corrected chi connectivity index (χ1v) is 8.16. The van der Waals surface area contributed by atoms with Crippen molar-refractivity contribution in [3.63, 3.8) is 0 Å². The van der Waals surface area contributed by atoms with Crippen molar-refractivity contribution in [1.82, 2.24) is 0 Å². The van der Waals surface area contributed by atoms with Crippen LogP contribution in [0.1, 0.15) is 48.9 Å². The van der Waals surface area contributed by atoms with Crippen LogP contribution in [0.15, 0.2) is 52.7 Å². The van der Waals surface area contributed by atoms with Crippen LogP contribution >= 0.6 is 0 Å². The second-order valence-electron chi connectivity index (χ2n) is 5.54. The lowest BCUT2D eigenvalue weighted by Gasteiger charge is -2.01. The Balaban J connectivity index is 1.97. The Bertz CT molecular complexity index is 673. The number of aryl methyl sites for hydroxylation is 2. The average molecular weight is 310 g/mol. The molecule has 0 heterocycles. The number of benzene rings is 2. The molecule has 0 N–H and O–H groups in total. The number of hydrogen-bond donors (Lipinski definition) is 0. The molecule has 0 aliphatic carbocycles. The minimum atomic E-state index is -0.246.